The van der Waals surface area contributed by atoms with Crippen LogP contribution < -0.4 is 15.8 Å². The molecule has 1 unspecified atom stereocenters. The monoisotopic (exact) mass is 365 g/mol. The number of hydrogen-bond acceptors (Lipinski definition) is 4. The smallest absolute Gasteiger partial charge is 0.251 e. The van der Waals surface area contributed by atoms with Gasteiger partial charge in [-0.15, -0.1) is 12.4 Å². The van der Waals surface area contributed by atoms with Crippen molar-refractivity contribution in [2.24, 2.45) is 11.7 Å². The number of halogens is 2. The van der Waals surface area contributed by atoms with Gasteiger partial charge in [-0.1, -0.05) is 0 Å². The van der Waals surface area contributed by atoms with Crippen LogP contribution in [0.2, 0.25) is 0 Å². The van der Waals surface area contributed by atoms with Crippen molar-refractivity contribution in [1.29, 1.82) is 0 Å². The van der Waals surface area contributed by atoms with Crippen molar-refractivity contribution in [2.75, 3.05) is 17.5 Å². The van der Waals surface area contributed by atoms with E-state index in [1.807, 2.05) is 11.6 Å². The largest absolute Gasteiger partial charge is 0.345 e. The Labute approximate surface area is 141 Å². The highest BCUT2D eigenvalue weighted by atomic mass is 35.5. The van der Waals surface area contributed by atoms with E-state index >= 15 is 0 Å². The van der Waals surface area contributed by atoms with Crippen molar-refractivity contribution in [3.05, 3.63) is 29.6 Å². The molecule has 0 bridgehead atoms. The van der Waals surface area contributed by atoms with E-state index in [0.717, 1.165) is 25.2 Å². The van der Waals surface area contributed by atoms with E-state index in [4.69, 9.17) is 5.73 Å². The standard InChI is InChI=1S/C14H20FN3O3S.ClH/c1-14(8-16,10-4-5-10)17-13(19)9-3-6-11(15)12(7-9)18-22(2,20)21;/h3,6-7,10,18H,4-5,8,16H2,1-2H3,(H,17,19);1H. The summed E-state index contributed by atoms with van der Waals surface area (Å²) < 4.78 is 38.1. The Bertz CT molecular complexity index is 695. The number of benzene rings is 1. The first-order valence-electron chi connectivity index (χ1n) is 6.94. The minimum absolute atomic E-state index is 0. The first kappa shape index (κ1) is 19.7. The summed E-state index contributed by atoms with van der Waals surface area (Å²) in [6, 6.07) is 3.54. The minimum Gasteiger partial charge on any atom is -0.345 e. The van der Waals surface area contributed by atoms with E-state index in [0.29, 0.717) is 12.5 Å². The highest BCUT2D eigenvalue weighted by Crippen LogP contribution is 2.39. The molecular formula is C14H21ClFN3O3S. The van der Waals surface area contributed by atoms with Gasteiger partial charge in [-0.2, -0.15) is 0 Å². The van der Waals surface area contributed by atoms with E-state index in [-0.39, 0.29) is 23.7 Å². The molecule has 23 heavy (non-hydrogen) atoms. The van der Waals surface area contributed by atoms with Gasteiger partial charge in [0.1, 0.15) is 5.82 Å². The summed E-state index contributed by atoms with van der Waals surface area (Å²) in [5, 5.41) is 2.87. The molecule has 4 N–H and O–H groups in total. The maximum atomic E-state index is 13.6. The molecule has 1 aromatic carbocycles. The van der Waals surface area contributed by atoms with Crippen molar-refractivity contribution in [2.45, 2.75) is 25.3 Å². The average Bonchev–Trinajstić information content (AvgIpc) is 3.24. The van der Waals surface area contributed by atoms with Gasteiger partial charge in [-0.3, -0.25) is 9.52 Å². The van der Waals surface area contributed by atoms with Gasteiger partial charge in [0.05, 0.1) is 17.5 Å². The quantitative estimate of drug-likeness (QED) is 0.710. The van der Waals surface area contributed by atoms with E-state index < -0.39 is 27.3 Å². The molecule has 9 heteroatoms. The van der Waals surface area contributed by atoms with E-state index in [2.05, 4.69) is 5.32 Å². The number of carbonyl (C=O) groups excluding carboxylic acids is 1. The number of amides is 1. The molecule has 0 heterocycles. The number of nitrogens with two attached hydrogens (primary N) is 1. The Hall–Kier alpha value is -1.38. The zero-order chi connectivity index (χ0) is 16.5. The van der Waals surface area contributed by atoms with Crippen LogP contribution in [0.3, 0.4) is 0 Å². The Morgan fingerprint density at radius 3 is 2.52 bits per heavy atom. The van der Waals surface area contributed by atoms with Crippen molar-refractivity contribution < 1.29 is 17.6 Å². The first-order chi connectivity index (χ1) is 10.1. The molecule has 0 spiro atoms. The molecule has 2 rings (SSSR count). The molecular weight excluding hydrogens is 345 g/mol. The summed E-state index contributed by atoms with van der Waals surface area (Å²) in [4.78, 5) is 12.3. The molecule has 1 aromatic rings. The molecule has 0 radical (unpaired) electrons. The second-order valence-corrected chi connectivity index (χ2v) is 7.67. The SMILES string of the molecule is CC(CN)(NC(=O)c1ccc(F)c(NS(C)(=O)=O)c1)C1CC1.Cl. The third-order valence-electron chi connectivity index (χ3n) is 3.83. The molecule has 1 saturated carbocycles. The van der Waals surface area contributed by atoms with Crippen molar-refractivity contribution in [3.63, 3.8) is 0 Å². The van der Waals surface area contributed by atoms with Gasteiger partial charge in [-0.25, -0.2) is 12.8 Å². The van der Waals surface area contributed by atoms with Crippen molar-refractivity contribution in [3.8, 4) is 0 Å². The first-order valence-corrected chi connectivity index (χ1v) is 8.84. The Kier molecular flexibility index (Phi) is 6.00. The topological polar surface area (TPSA) is 101 Å². The maximum Gasteiger partial charge on any atom is 0.251 e. The van der Waals surface area contributed by atoms with Crippen LogP contribution >= 0.6 is 12.4 Å². The van der Waals surface area contributed by atoms with Crippen LogP contribution in [0, 0.1) is 11.7 Å². The fourth-order valence-electron chi connectivity index (χ4n) is 2.32. The molecule has 6 nitrogen and oxygen atoms in total. The maximum absolute atomic E-state index is 13.6. The zero-order valence-corrected chi connectivity index (χ0v) is 14.6. The lowest BCUT2D eigenvalue weighted by Crippen LogP contribution is -2.53. The van der Waals surface area contributed by atoms with Gasteiger partial charge >= 0.3 is 0 Å². The molecule has 130 valence electrons. The number of carbonyl (C=O) groups is 1. The lowest BCUT2D eigenvalue weighted by Gasteiger charge is -2.29. The number of rotatable bonds is 6. The van der Waals surface area contributed by atoms with Crippen LogP contribution in [0.5, 0.6) is 0 Å². The molecule has 0 aromatic heterocycles. The van der Waals surface area contributed by atoms with Crippen LogP contribution in [0.25, 0.3) is 0 Å². The number of nitrogens with one attached hydrogen (secondary N) is 2. The molecule has 0 aliphatic heterocycles. The zero-order valence-electron chi connectivity index (χ0n) is 12.9. The average molecular weight is 366 g/mol. The fourth-order valence-corrected chi connectivity index (χ4v) is 2.87. The second kappa shape index (κ2) is 7.02. The summed E-state index contributed by atoms with van der Waals surface area (Å²) in [6.07, 6.45) is 2.94. The van der Waals surface area contributed by atoms with Crippen molar-refractivity contribution >= 4 is 34.0 Å². The summed E-state index contributed by atoms with van der Waals surface area (Å²) >= 11 is 0. The third kappa shape index (κ3) is 5.05. The highest BCUT2D eigenvalue weighted by molar-refractivity contribution is 7.92. The van der Waals surface area contributed by atoms with Gasteiger partial charge in [0.15, 0.2) is 0 Å². The predicted molar refractivity (Wildman–Crippen MR) is 89.8 cm³/mol. The highest BCUT2D eigenvalue weighted by Gasteiger charge is 2.41. The van der Waals surface area contributed by atoms with E-state index in [1.165, 1.54) is 12.1 Å². The van der Waals surface area contributed by atoms with Gasteiger partial charge in [0, 0.05) is 12.1 Å². The molecule has 1 aliphatic rings. The van der Waals surface area contributed by atoms with Crippen LogP contribution in [0.4, 0.5) is 10.1 Å². The number of anilines is 1. The summed E-state index contributed by atoms with van der Waals surface area (Å²) in [6.45, 7) is 2.18. The van der Waals surface area contributed by atoms with Gasteiger partial charge < -0.3 is 11.1 Å². The lowest BCUT2D eigenvalue weighted by atomic mass is 9.95. The molecule has 1 fully saturated rings. The van der Waals surface area contributed by atoms with Gasteiger partial charge in [0.25, 0.3) is 5.91 Å². The summed E-state index contributed by atoms with van der Waals surface area (Å²) in [5.41, 5.74) is 5.16. The van der Waals surface area contributed by atoms with Crippen molar-refractivity contribution in [1.82, 2.24) is 5.32 Å². The molecule has 1 atom stereocenters. The predicted octanol–water partition coefficient (Wildman–Crippen LogP) is 1.48. The Morgan fingerprint density at radius 2 is 2.04 bits per heavy atom. The second-order valence-electron chi connectivity index (χ2n) is 5.92. The number of hydrogen-bond donors (Lipinski definition) is 3. The third-order valence-corrected chi connectivity index (χ3v) is 4.42. The lowest BCUT2D eigenvalue weighted by molar-refractivity contribution is 0.0898. The minimum atomic E-state index is -3.63. The molecule has 1 aliphatic carbocycles. The van der Waals surface area contributed by atoms with Crippen LogP contribution in [-0.2, 0) is 10.0 Å². The van der Waals surface area contributed by atoms with E-state index in [1.54, 1.807) is 0 Å². The molecule has 1 amide bonds. The van der Waals surface area contributed by atoms with Crippen LogP contribution in [0.15, 0.2) is 18.2 Å². The summed E-state index contributed by atoms with van der Waals surface area (Å²) in [5.74, 6) is -0.808. The Morgan fingerprint density at radius 1 is 1.43 bits per heavy atom. The normalized spacial score (nSPS) is 16.9. The number of sulfonamides is 1. The summed E-state index contributed by atoms with van der Waals surface area (Å²) in [7, 11) is -3.63. The van der Waals surface area contributed by atoms with Crippen LogP contribution in [0.1, 0.15) is 30.1 Å². The van der Waals surface area contributed by atoms with Gasteiger partial charge in [-0.05, 0) is 43.9 Å². The molecule has 0 saturated heterocycles. The fraction of sp³-hybridized carbons (Fsp3) is 0.500. The Balaban J connectivity index is 0.00000264. The van der Waals surface area contributed by atoms with E-state index in [9.17, 15) is 17.6 Å². The van der Waals surface area contributed by atoms with Crippen LogP contribution in [-0.4, -0.2) is 32.7 Å². The van der Waals surface area contributed by atoms with Gasteiger partial charge in [0.2, 0.25) is 10.0 Å².